The molecule has 0 fully saturated rings. The van der Waals surface area contributed by atoms with Crippen molar-refractivity contribution in [3.8, 4) is 6.01 Å². The molecule has 0 saturated heterocycles. The van der Waals surface area contributed by atoms with Gasteiger partial charge in [0, 0.05) is 10.7 Å². The van der Waals surface area contributed by atoms with Crippen molar-refractivity contribution in [3.63, 3.8) is 0 Å². The molecule has 0 aliphatic heterocycles. The maximum Gasteiger partial charge on any atom is 0.323 e. The molecular weight excluding hydrogens is 280 g/mol. The fraction of sp³-hybridized carbons (Fsp3) is 0.250. The van der Waals surface area contributed by atoms with Crippen LogP contribution in [0.25, 0.3) is 0 Å². The number of rotatable bonds is 5. The topological polar surface area (TPSA) is 98.0 Å². The summed E-state index contributed by atoms with van der Waals surface area (Å²) >= 11 is 5.97. The third-order valence-corrected chi connectivity index (χ3v) is 2.70. The molecule has 4 N–H and O–H groups in total. The molecule has 1 aromatic carbocycles. The van der Waals surface area contributed by atoms with E-state index in [1.165, 1.54) is 0 Å². The third-order valence-electron chi connectivity index (χ3n) is 2.46. The van der Waals surface area contributed by atoms with E-state index in [0.717, 1.165) is 11.3 Å². The molecule has 20 heavy (non-hydrogen) atoms. The lowest BCUT2D eigenvalue weighted by Gasteiger charge is -2.10. The molecule has 106 valence electrons. The van der Waals surface area contributed by atoms with Gasteiger partial charge in [0.1, 0.15) is 0 Å². The standard InChI is InChI=1S/C12H15ClN6O/c1-3-20-12-17-10(16-11(18-12)19-14)15-9-6-8(13)5-4-7(9)2/h4-6H,3,14H2,1-2H3,(H2,15,16,17,18,19). The third kappa shape index (κ3) is 3.46. The van der Waals surface area contributed by atoms with E-state index < -0.39 is 0 Å². The minimum atomic E-state index is 0.192. The van der Waals surface area contributed by atoms with Gasteiger partial charge in [0.05, 0.1) is 6.61 Å². The summed E-state index contributed by atoms with van der Waals surface area (Å²) in [5.41, 5.74) is 4.18. The normalized spacial score (nSPS) is 10.2. The average molecular weight is 295 g/mol. The Bertz CT molecular complexity index is 606. The van der Waals surface area contributed by atoms with Gasteiger partial charge in [-0.3, -0.25) is 5.43 Å². The Hall–Kier alpha value is -2.12. The number of halogens is 1. The quantitative estimate of drug-likeness (QED) is 0.574. The van der Waals surface area contributed by atoms with Gasteiger partial charge in [0.25, 0.3) is 0 Å². The first-order valence-electron chi connectivity index (χ1n) is 6.01. The number of hydrogen-bond acceptors (Lipinski definition) is 7. The van der Waals surface area contributed by atoms with Crippen LogP contribution in [0.15, 0.2) is 18.2 Å². The van der Waals surface area contributed by atoms with Crippen molar-refractivity contribution >= 4 is 29.2 Å². The molecule has 2 aromatic rings. The van der Waals surface area contributed by atoms with Gasteiger partial charge in [-0.25, -0.2) is 5.84 Å². The maximum atomic E-state index is 5.97. The monoisotopic (exact) mass is 294 g/mol. The van der Waals surface area contributed by atoms with E-state index in [1.807, 2.05) is 26.0 Å². The van der Waals surface area contributed by atoms with Gasteiger partial charge in [0.15, 0.2) is 0 Å². The molecule has 1 heterocycles. The van der Waals surface area contributed by atoms with E-state index in [0.29, 0.717) is 17.6 Å². The van der Waals surface area contributed by atoms with Crippen LogP contribution in [0.3, 0.4) is 0 Å². The van der Waals surface area contributed by atoms with Gasteiger partial charge >= 0.3 is 6.01 Å². The van der Waals surface area contributed by atoms with Gasteiger partial charge in [-0.2, -0.15) is 15.0 Å². The maximum absolute atomic E-state index is 5.97. The zero-order chi connectivity index (χ0) is 14.5. The van der Waals surface area contributed by atoms with Crippen LogP contribution < -0.4 is 21.3 Å². The SMILES string of the molecule is CCOc1nc(NN)nc(Nc2cc(Cl)ccc2C)n1. The highest BCUT2D eigenvalue weighted by Gasteiger charge is 2.08. The average Bonchev–Trinajstić information content (AvgIpc) is 2.43. The fourth-order valence-electron chi connectivity index (χ4n) is 1.52. The first kappa shape index (κ1) is 14.3. The molecule has 0 spiro atoms. The second kappa shape index (κ2) is 6.36. The van der Waals surface area contributed by atoms with Gasteiger partial charge in [-0.15, -0.1) is 0 Å². The highest BCUT2D eigenvalue weighted by molar-refractivity contribution is 6.30. The lowest BCUT2D eigenvalue weighted by atomic mass is 10.2. The first-order chi connectivity index (χ1) is 9.62. The second-order valence-electron chi connectivity index (χ2n) is 3.93. The zero-order valence-electron chi connectivity index (χ0n) is 11.1. The number of nitrogens with one attached hydrogen (secondary N) is 2. The van der Waals surface area contributed by atoms with E-state index >= 15 is 0 Å². The number of nitrogens with two attached hydrogens (primary N) is 1. The minimum Gasteiger partial charge on any atom is -0.464 e. The lowest BCUT2D eigenvalue weighted by Crippen LogP contribution is -2.13. The number of anilines is 3. The van der Waals surface area contributed by atoms with E-state index in [9.17, 15) is 0 Å². The summed E-state index contributed by atoms with van der Waals surface area (Å²) in [5.74, 6) is 5.86. The summed E-state index contributed by atoms with van der Waals surface area (Å²) in [7, 11) is 0. The highest BCUT2D eigenvalue weighted by Crippen LogP contribution is 2.23. The molecule has 7 nitrogen and oxygen atoms in total. The van der Waals surface area contributed by atoms with Crippen molar-refractivity contribution in [2.75, 3.05) is 17.3 Å². The molecular formula is C12H15ClN6O. The zero-order valence-corrected chi connectivity index (χ0v) is 11.9. The summed E-state index contributed by atoms with van der Waals surface area (Å²) in [4.78, 5) is 12.2. The number of hydrazine groups is 1. The predicted octanol–water partition coefficient (Wildman–Crippen LogP) is 2.26. The molecule has 0 amide bonds. The van der Waals surface area contributed by atoms with Crippen LogP contribution in [0.1, 0.15) is 12.5 Å². The Morgan fingerprint density at radius 1 is 1.25 bits per heavy atom. The second-order valence-corrected chi connectivity index (χ2v) is 4.36. The van der Waals surface area contributed by atoms with Crippen molar-refractivity contribution in [1.82, 2.24) is 15.0 Å². The number of aryl methyl sites for hydroxylation is 1. The summed E-state index contributed by atoms with van der Waals surface area (Å²) in [6, 6.07) is 5.69. The number of hydrogen-bond donors (Lipinski definition) is 3. The molecule has 1 aromatic heterocycles. The minimum absolute atomic E-state index is 0.192. The fourth-order valence-corrected chi connectivity index (χ4v) is 1.69. The molecule has 0 unspecified atom stereocenters. The Kier molecular flexibility index (Phi) is 4.54. The molecule has 0 bridgehead atoms. The molecule has 0 aliphatic rings. The van der Waals surface area contributed by atoms with Crippen molar-refractivity contribution in [1.29, 1.82) is 0 Å². The summed E-state index contributed by atoms with van der Waals surface area (Å²) in [6.45, 7) is 4.24. The van der Waals surface area contributed by atoms with Crippen molar-refractivity contribution < 1.29 is 4.74 Å². The molecule has 0 atom stereocenters. The molecule has 0 aliphatic carbocycles. The van der Waals surface area contributed by atoms with Crippen molar-refractivity contribution in [3.05, 3.63) is 28.8 Å². The van der Waals surface area contributed by atoms with E-state index in [4.69, 9.17) is 22.2 Å². The number of benzene rings is 1. The van der Waals surface area contributed by atoms with Crippen LogP contribution in [-0.4, -0.2) is 21.6 Å². The van der Waals surface area contributed by atoms with Crippen molar-refractivity contribution in [2.45, 2.75) is 13.8 Å². The smallest absolute Gasteiger partial charge is 0.323 e. The number of nitrogen functional groups attached to an aromatic ring is 1. The number of aromatic nitrogens is 3. The van der Waals surface area contributed by atoms with Crippen LogP contribution in [0.4, 0.5) is 17.6 Å². The first-order valence-corrected chi connectivity index (χ1v) is 6.39. The highest BCUT2D eigenvalue weighted by atomic mass is 35.5. The van der Waals surface area contributed by atoms with E-state index in [2.05, 4.69) is 25.7 Å². The summed E-state index contributed by atoms with van der Waals surface area (Å²) < 4.78 is 5.26. The van der Waals surface area contributed by atoms with Gasteiger partial charge in [0.2, 0.25) is 11.9 Å². The van der Waals surface area contributed by atoms with Gasteiger partial charge in [-0.05, 0) is 31.5 Å². The van der Waals surface area contributed by atoms with Gasteiger partial charge < -0.3 is 10.1 Å². The summed E-state index contributed by atoms with van der Waals surface area (Å²) in [6.07, 6.45) is 0. The Balaban J connectivity index is 2.32. The number of ether oxygens (including phenoxy) is 1. The van der Waals surface area contributed by atoms with Crippen LogP contribution in [-0.2, 0) is 0 Å². The van der Waals surface area contributed by atoms with Crippen molar-refractivity contribution in [2.24, 2.45) is 5.84 Å². The largest absolute Gasteiger partial charge is 0.464 e. The van der Waals surface area contributed by atoms with Crippen LogP contribution in [0, 0.1) is 6.92 Å². The lowest BCUT2D eigenvalue weighted by molar-refractivity contribution is 0.312. The summed E-state index contributed by atoms with van der Waals surface area (Å²) in [5, 5.41) is 3.68. The Morgan fingerprint density at radius 2 is 2.00 bits per heavy atom. The van der Waals surface area contributed by atoms with Crippen LogP contribution >= 0.6 is 11.6 Å². The van der Waals surface area contributed by atoms with Crippen LogP contribution in [0.5, 0.6) is 6.01 Å². The Morgan fingerprint density at radius 3 is 2.70 bits per heavy atom. The van der Waals surface area contributed by atoms with Gasteiger partial charge in [-0.1, -0.05) is 17.7 Å². The van der Waals surface area contributed by atoms with Crippen LogP contribution in [0.2, 0.25) is 5.02 Å². The molecule has 2 rings (SSSR count). The van der Waals surface area contributed by atoms with E-state index in [1.54, 1.807) is 6.07 Å². The number of nitrogens with zero attached hydrogens (tertiary/aromatic N) is 3. The molecule has 0 saturated carbocycles. The molecule has 8 heteroatoms. The molecule has 0 radical (unpaired) electrons. The predicted molar refractivity (Wildman–Crippen MR) is 78.3 cm³/mol. The van der Waals surface area contributed by atoms with E-state index in [-0.39, 0.29) is 12.0 Å². The Labute approximate surface area is 121 Å².